The van der Waals surface area contributed by atoms with Gasteiger partial charge in [0.2, 0.25) is 5.91 Å². The van der Waals surface area contributed by atoms with E-state index in [0.29, 0.717) is 24.8 Å². The lowest BCUT2D eigenvalue weighted by Crippen LogP contribution is -2.34. The topological polar surface area (TPSA) is 32.3 Å². The van der Waals surface area contributed by atoms with Gasteiger partial charge in [-0.25, -0.2) is 0 Å². The third kappa shape index (κ3) is 5.45. The number of hydrogen-bond acceptors (Lipinski definition) is 2. The Hall–Kier alpha value is -0.770. The smallest absolute Gasteiger partial charge is 0.222 e. The summed E-state index contributed by atoms with van der Waals surface area (Å²) in [5, 5.41) is 4.10. The van der Waals surface area contributed by atoms with Gasteiger partial charge in [0.15, 0.2) is 0 Å². The van der Waals surface area contributed by atoms with Crippen molar-refractivity contribution in [1.29, 1.82) is 0 Å². The molecule has 0 aromatic heterocycles. The molecule has 1 amide bonds. The Kier molecular flexibility index (Phi) is 8.23. The van der Waals surface area contributed by atoms with Crippen LogP contribution in [0.15, 0.2) is 24.3 Å². The zero-order chi connectivity index (χ0) is 15.2. The summed E-state index contributed by atoms with van der Waals surface area (Å²) in [6.07, 6.45) is 3.00. The van der Waals surface area contributed by atoms with Gasteiger partial charge in [0.1, 0.15) is 0 Å². The average molecular weight is 345 g/mol. The second-order valence-corrected chi connectivity index (χ2v) is 6.52. The molecule has 3 nitrogen and oxygen atoms in total. The van der Waals surface area contributed by atoms with E-state index in [-0.39, 0.29) is 18.3 Å². The van der Waals surface area contributed by atoms with E-state index in [0.717, 1.165) is 23.7 Å². The Morgan fingerprint density at radius 3 is 2.64 bits per heavy atom. The molecule has 0 bridgehead atoms. The van der Waals surface area contributed by atoms with E-state index in [2.05, 4.69) is 12.2 Å². The van der Waals surface area contributed by atoms with Gasteiger partial charge in [0.05, 0.1) is 0 Å². The summed E-state index contributed by atoms with van der Waals surface area (Å²) in [5.41, 5.74) is 1.00. The van der Waals surface area contributed by atoms with Crippen molar-refractivity contribution in [2.24, 2.45) is 11.8 Å². The fourth-order valence-electron chi connectivity index (χ4n) is 2.98. The number of amides is 1. The number of rotatable bonds is 5. The molecule has 1 unspecified atom stereocenters. The van der Waals surface area contributed by atoms with Crippen molar-refractivity contribution in [3.63, 3.8) is 0 Å². The fourth-order valence-corrected chi connectivity index (χ4v) is 3.18. The maximum atomic E-state index is 12.4. The number of carbonyl (C=O) groups is 1. The minimum atomic E-state index is 0. The molecule has 1 N–H and O–H groups in total. The van der Waals surface area contributed by atoms with Gasteiger partial charge in [-0.2, -0.15) is 0 Å². The highest BCUT2D eigenvalue weighted by molar-refractivity contribution is 6.31. The Bertz CT molecular complexity index is 475. The first-order valence-corrected chi connectivity index (χ1v) is 8.14. The van der Waals surface area contributed by atoms with Gasteiger partial charge in [-0.05, 0) is 49.4 Å². The van der Waals surface area contributed by atoms with Gasteiger partial charge in [-0.15, -0.1) is 12.4 Å². The molecule has 124 valence electrons. The minimum Gasteiger partial charge on any atom is -0.341 e. The molecular weight excluding hydrogens is 319 g/mol. The number of carbonyl (C=O) groups excluding carboxylic acids is 1. The SMILES string of the molecule is CC(CC(=O)N(C)Cc1ccccc1Cl)C1CCNCC1.Cl. The quantitative estimate of drug-likeness (QED) is 0.882. The molecule has 1 aromatic rings. The van der Waals surface area contributed by atoms with Crippen LogP contribution in [0, 0.1) is 11.8 Å². The molecule has 0 saturated carbocycles. The van der Waals surface area contributed by atoms with E-state index in [1.165, 1.54) is 12.8 Å². The van der Waals surface area contributed by atoms with Crippen LogP contribution in [0.25, 0.3) is 0 Å². The summed E-state index contributed by atoms with van der Waals surface area (Å²) in [5.74, 6) is 1.33. The average Bonchev–Trinajstić information content (AvgIpc) is 2.50. The van der Waals surface area contributed by atoms with Crippen LogP contribution in [0.5, 0.6) is 0 Å². The summed E-state index contributed by atoms with van der Waals surface area (Å²) in [4.78, 5) is 14.2. The molecule has 1 aliphatic rings. The molecule has 1 fully saturated rings. The Morgan fingerprint density at radius 2 is 2.00 bits per heavy atom. The number of nitrogens with zero attached hydrogens (tertiary/aromatic N) is 1. The fraction of sp³-hybridized carbons (Fsp3) is 0.588. The molecule has 0 aliphatic carbocycles. The van der Waals surface area contributed by atoms with Gasteiger partial charge in [-0.1, -0.05) is 36.7 Å². The third-order valence-electron chi connectivity index (χ3n) is 4.48. The summed E-state index contributed by atoms with van der Waals surface area (Å²) in [7, 11) is 1.86. The standard InChI is InChI=1S/C17H25ClN2O.ClH/c1-13(14-7-9-19-10-8-14)11-17(21)20(2)12-15-5-3-4-6-16(15)18;/h3-6,13-14,19H,7-12H2,1-2H3;1H. The van der Waals surface area contributed by atoms with Crippen molar-refractivity contribution >= 4 is 29.9 Å². The van der Waals surface area contributed by atoms with E-state index in [1.54, 1.807) is 4.90 Å². The van der Waals surface area contributed by atoms with E-state index in [1.807, 2.05) is 31.3 Å². The number of hydrogen-bond donors (Lipinski definition) is 1. The second-order valence-electron chi connectivity index (χ2n) is 6.11. The molecule has 0 radical (unpaired) electrons. The predicted molar refractivity (Wildman–Crippen MR) is 94.5 cm³/mol. The van der Waals surface area contributed by atoms with Crippen LogP contribution in [0.2, 0.25) is 5.02 Å². The first-order chi connectivity index (χ1) is 10.1. The lowest BCUT2D eigenvalue weighted by atomic mass is 9.84. The molecule has 1 saturated heterocycles. The highest BCUT2D eigenvalue weighted by Crippen LogP contribution is 2.25. The monoisotopic (exact) mass is 344 g/mol. The van der Waals surface area contributed by atoms with Crippen molar-refractivity contribution in [1.82, 2.24) is 10.2 Å². The highest BCUT2D eigenvalue weighted by Gasteiger charge is 2.23. The summed E-state index contributed by atoms with van der Waals surface area (Å²) >= 11 is 6.16. The zero-order valence-electron chi connectivity index (χ0n) is 13.3. The van der Waals surface area contributed by atoms with E-state index in [9.17, 15) is 4.79 Å². The van der Waals surface area contributed by atoms with Crippen LogP contribution in [-0.2, 0) is 11.3 Å². The Labute approximate surface area is 144 Å². The minimum absolute atomic E-state index is 0. The molecule has 1 aromatic carbocycles. The normalized spacial score (nSPS) is 16.7. The summed E-state index contributed by atoms with van der Waals surface area (Å²) in [6, 6.07) is 7.71. The van der Waals surface area contributed by atoms with Crippen molar-refractivity contribution < 1.29 is 4.79 Å². The molecule has 5 heteroatoms. The third-order valence-corrected chi connectivity index (χ3v) is 4.84. The zero-order valence-corrected chi connectivity index (χ0v) is 14.9. The molecule has 1 atom stereocenters. The van der Waals surface area contributed by atoms with E-state index < -0.39 is 0 Å². The van der Waals surface area contributed by atoms with Crippen LogP contribution < -0.4 is 5.32 Å². The van der Waals surface area contributed by atoms with Crippen LogP contribution in [-0.4, -0.2) is 30.9 Å². The number of halogens is 2. The Balaban J connectivity index is 0.00000242. The van der Waals surface area contributed by atoms with Crippen LogP contribution in [0.1, 0.15) is 31.7 Å². The predicted octanol–water partition coefficient (Wildman–Crippen LogP) is 3.75. The number of piperidine rings is 1. The molecule has 1 heterocycles. The maximum Gasteiger partial charge on any atom is 0.222 e. The van der Waals surface area contributed by atoms with Gasteiger partial charge in [0, 0.05) is 25.0 Å². The molecular formula is C17H26Cl2N2O. The summed E-state index contributed by atoms with van der Waals surface area (Å²) in [6.45, 7) is 4.95. The maximum absolute atomic E-state index is 12.4. The van der Waals surface area contributed by atoms with Crippen molar-refractivity contribution in [2.45, 2.75) is 32.7 Å². The summed E-state index contributed by atoms with van der Waals surface area (Å²) < 4.78 is 0. The molecule has 2 rings (SSSR count). The first kappa shape index (κ1) is 19.3. The van der Waals surface area contributed by atoms with Gasteiger partial charge < -0.3 is 10.2 Å². The number of nitrogens with one attached hydrogen (secondary N) is 1. The second kappa shape index (κ2) is 9.39. The first-order valence-electron chi connectivity index (χ1n) is 7.76. The molecule has 0 spiro atoms. The van der Waals surface area contributed by atoms with Crippen molar-refractivity contribution in [3.8, 4) is 0 Å². The highest BCUT2D eigenvalue weighted by atomic mass is 35.5. The number of benzene rings is 1. The van der Waals surface area contributed by atoms with Crippen molar-refractivity contribution in [3.05, 3.63) is 34.9 Å². The van der Waals surface area contributed by atoms with Crippen molar-refractivity contribution in [2.75, 3.05) is 20.1 Å². The van der Waals surface area contributed by atoms with Crippen LogP contribution >= 0.6 is 24.0 Å². The van der Waals surface area contributed by atoms with Gasteiger partial charge in [0.25, 0.3) is 0 Å². The molecule has 1 aliphatic heterocycles. The van der Waals surface area contributed by atoms with Gasteiger partial charge in [-0.3, -0.25) is 4.79 Å². The largest absolute Gasteiger partial charge is 0.341 e. The van der Waals surface area contributed by atoms with E-state index in [4.69, 9.17) is 11.6 Å². The Morgan fingerprint density at radius 1 is 1.36 bits per heavy atom. The van der Waals surface area contributed by atoms with Crippen LogP contribution in [0.3, 0.4) is 0 Å². The lowest BCUT2D eigenvalue weighted by molar-refractivity contribution is -0.131. The van der Waals surface area contributed by atoms with E-state index >= 15 is 0 Å². The van der Waals surface area contributed by atoms with Crippen LogP contribution in [0.4, 0.5) is 0 Å². The van der Waals surface area contributed by atoms with Gasteiger partial charge >= 0.3 is 0 Å². The lowest BCUT2D eigenvalue weighted by Gasteiger charge is -2.29. The molecule has 22 heavy (non-hydrogen) atoms.